The second kappa shape index (κ2) is 3.98. The van der Waals surface area contributed by atoms with Gasteiger partial charge in [0.15, 0.2) is 5.82 Å². The maximum atomic E-state index is 5.85. The lowest BCUT2D eigenvalue weighted by molar-refractivity contribution is 1.11. The first kappa shape index (κ1) is 10.5. The van der Waals surface area contributed by atoms with Gasteiger partial charge in [-0.25, -0.2) is 15.0 Å². The van der Waals surface area contributed by atoms with Gasteiger partial charge in [-0.05, 0) is 12.1 Å². The van der Waals surface area contributed by atoms with E-state index < -0.39 is 0 Å². The molecule has 0 aromatic carbocycles. The second-order valence-corrected chi connectivity index (χ2v) is 4.18. The molecule has 3 heterocycles. The molecule has 0 radical (unpaired) electrons. The van der Waals surface area contributed by atoms with Gasteiger partial charge in [-0.3, -0.25) is 4.40 Å². The number of imidazole rings is 1. The SMILES string of the molecule is Clc1cc(Cl)nc(-c2cnc3ccccn23)n1. The monoisotopic (exact) mass is 264 g/mol. The molecule has 0 aliphatic heterocycles. The van der Waals surface area contributed by atoms with Crippen molar-refractivity contribution in [1.82, 2.24) is 19.4 Å². The van der Waals surface area contributed by atoms with Crippen molar-refractivity contribution >= 4 is 28.8 Å². The zero-order valence-corrected chi connectivity index (χ0v) is 10.0. The molecule has 84 valence electrons. The van der Waals surface area contributed by atoms with Gasteiger partial charge in [0.25, 0.3) is 0 Å². The van der Waals surface area contributed by atoms with Gasteiger partial charge >= 0.3 is 0 Å². The highest BCUT2D eigenvalue weighted by molar-refractivity contribution is 6.33. The van der Waals surface area contributed by atoms with Crippen molar-refractivity contribution in [2.75, 3.05) is 0 Å². The highest BCUT2D eigenvalue weighted by atomic mass is 35.5. The van der Waals surface area contributed by atoms with Gasteiger partial charge in [-0.2, -0.15) is 0 Å². The van der Waals surface area contributed by atoms with E-state index in [1.165, 1.54) is 6.07 Å². The number of pyridine rings is 1. The quantitative estimate of drug-likeness (QED) is 0.635. The van der Waals surface area contributed by atoms with Gasteiger partial charge in [-0.15, -0.1) is 0 Å². The normalized spacial score (nSPS) is 10.9. The summed E-state index contributed by atoms with van der Waals surface area (Å²) in [5, 5.41) is 0.622. The summed E-state index contributed by atoms with van der Waals surface area (Å²) in [6.45, 7) is 0. The van der Waals surface area contributed by atoms with Crippen molar-refractivity contribution in [3.63, 3.8) is 0 Å². The minimum absolute atomic E-state index is 0.311. The number of hydrogen-bond donors (Lipinski definition) is 0. The molecule has 0 aliphatic rings. The van der Waals surface area contributed by atoms with Gasteiger partial charge in [0.2, 0.25) is 0 Å². The number of fused-ring (bicyclic) bond motifs is 1. The predicted molar refractivity (Wildman–Crippen MR) is 66.2 cm³/mol. The first-order valence-corrected chi connectivity index (χ1v) is 5.62. The van der Waals surface area contributed by atoms with Crippen LogP contribution < -0.4 is 0 Å². The molecular formula is C11H6Cl2N4. The van der Waals surface area contributed by atoms with Crippen molar-refractivity contribution < 1.29 is 0 Å². The van der Waals surface area contributed by atoms with Crippen LogP contribution in [0.5, 0.6) is 0 Å². The molecule has 0 fully saturated rings. The van der Waals surface area contributed by atoms with E-state index in [0.717, 1.165) is 11.3 Å². The average molecular weight is 265 g/mol. The summed E-state index contributed by atoms with van der Waals surface area (Å²) in [7, 11) is 0. The molecular weight excluding hydrogens is 259 g/mol. The Bertz CT molecular complexity index is 673. The molecule has 0 spiro atoms. The predicted octanol–water partition coefficient (Wildman–Crippen LogP) is 3.10. The van der Waals surface area contributed by atoms with Crippen LogP contribution in [0.3, 0.4) is 0 Å². The Kier molecular flexibility index (Phi) is 2.46. The number of hydrogen-bond acceptors (Lipinski definition) is 3. The van der Waals surface area contributed by atoms with Gasteiger partial charge < -0.3 is 0 Å². The van der Waals surface area contributed by atoms with Crippen LogP contribution in [0, 0.1) is 0 Å². The molecule has 0 amide bonds. The highest BCUT2D eigenvalue weighted by Gasteiger charge is 2.09. The van der Waals surface area contributed by atoms with Crippen LogP contribution in [0.15, 0.2) is 36.7 Å². The zero-order valence-electron chi connectivity index (χ0n) is 8.51. The number of nitrogens with zero attached hydrogens (tertiary/aromatic N) is 4. The first-order chi connectivity index (χ1) is 8.24. The molecule has 3 rings (SSSR count). The van der Waals surface area contributed by atoms with Crippen LogP contribution in [0.1, 0.15) is 0 Å². The van der Waals surface area contributed by atoms with E-state index in [1.54, 1.807) is 6.20 Å². The van der Waals surface area contributed by atoms with E-state index in [9.17, 15) is 0 Å². The minimum atomic E-state index is 0.311. The fourth-order valence-corrected chi connectivity index (χ4v) is 2.03. The summed E-state index contributed by atoms with van der Waals surface area (Å²) in [4.78, 5) is 12.5. The number of aromatic nitrogens is 4. The third-order valence-corrected chi connectivity index (χ3v) is 2.70. The molecule has 6 heteroatoms. The molecule has 0 atom stereocenters. The van der Waals surface area contributed by atoms with Gasteiger partial charge in [-0.1, -0.05) is 29.3 Å². The van der Waals surface area contributed by atoms with E-state index in [4.69, 9.17) is 23.2 Å². The lowest BCUT2D eigenvalue weighted by atomic mass is 10.4. The van der Waals surface area contributed by atoms with Crippen LogP contribution in [-0.2, 0) is 0 Å². The Morgan fingerprint density at radius 3 is 2.59 bits per heavy atom. The largest absolute Gasteiger partial charge is 0.297 e. The van der Waals surface area contributed by atoms with Crippen molar-refractivity contribution in [2.24, 2.45) is 0 Å². The van der Waals surface area contributed by atoms with Gasteiger partial charge in [0, 0.05) is 12.3 Å². The molecule has 3 aromatic rings. The van der Waals surface area contributed by atoms with Crippen molar-refractivity contribution in [3.8, 4) is 11.5 Å². The van der Waals surface area contributed by atoms with Gasteiger partial charge in [0.1, 0.15) is 21.6 Å². The van der Waals surface area contributed by atoms with Crippen molar-refractivity contribution in [2.45, 2.75) is 0 Å². The minimum Gasteiger partial charge on any atom is -0.297 e. The smallest absolute Gasteiger partial charge is 0.181 e. The molecule has 0 saturated carbocycles. The van der Waals surface area contributed by atoms with Crippen LogP contribution in [0.4, 0.5) is 0 Å². The fraction of sp³-hybridized carbons (Fsp3) is 0. The molecule has 0 N–H and O–H groups in total. The van der Waals surface area contributed by atoms with Crippen LogP contribution in [-0.4, -0.2) is 19.4 Å². The lowest BCUT2D eigenvalue weighted by Crippen LogP contribution is -1.93. The zero-order chi connectivity index (χ0) is 11.8. The maximum absolute atomic E-state index is 5.85. The van der Waals surface area contributed by atoms with E-state index in [-0.39, 0.29) is 0 Å². The number of rotatable bonds is 1. The van der Waals surface area contributed by atoms with Crippen LogP contribution in [0.25, 0.3) is 17.2 Å². The Balaban J connectivity index is 2.27. The summed E-state index contributed by atoms with van der Waals surface area (Å²) in [5.41, 5.74) is 1.58. The van der Waals surface area contributed by atoms with Crippen molar-refractivity contribution in [3.05, 3.63) is 47.0 Å². The summed E-state index contributed by atoms with van der Waals surface area (Å²) in [6, 6.07) is 7.22. The summed E-state index contributed by atoms with van der Waals surface area (Å²) in [5.74, 6) is 0.459. The van der Waals surface area contributed by atoms with E-state index in [2.05, 4.69) is 15.0 Å². The standard InChI is InChI=1S/C11H6Cl2N4/c12-8-5-9(13)16-11(15-8)7-6-14-10-3-1-2-4-17(7)10/h1-6H. The fourth-order valence-electron chi connectivity index (χ4n) is 1.60. The second-order valence-electron chi connectivity index (χ2n) is 3.41. The van der Waals surface area contributed by atoms with E-state index >= 15 is 0 Å². The van der Waals surface area contributed by atoms with Crippen LogP contribution >= 0.6 is 23.2 Å². The molecule has 17 heavy (non-hydrogen) atoms. The molecule has 0 bridgehead atoms. The lowest BCUT2D eigenvalue weighted by Gasteiger charge is -2.01. The first-order valence-electron chi connectivity index (χ1n) is 4.86. The van der Waals surface area contributed by atoms with E-state index in [0.29, 0.717) is 16.1 Å². The number of halogens is 2. The average Bonchev–Trinajstić information content (AvgIpc) is 2.71. The summed E-state index contributed by atoms with van der Waals surface area (Å²) in [6.07, 6.45) is 3.58. The maximum Gasteiger partial charge on any atom is 0.181 e. The Hall–Kier alpha value is -1.65. The van der Waals surface area contributed by atoms with Crippen molar-refractivity contribution in [1.29, 1.82) is 0 Å². The molecule has 3 aromatic heterocycles. The topological polar surface area (TPSA) is 43.1 Å². The summed E-state index contributed by atoms with van der Waals surface area (Å²) < 4.78 is 1.88. The Morgan fingerprint density at radius 2 is 1.82 bits per heavy atom. The molecule has 0 unspecified atom stereocenters. The molecule has 4 nitrogen and oxygen atoms in total. The van der Waals surface area contributed by atoms with E-state index in [1.807, 2.05) is 28.8 Å². The molecule has 0 aliphatic carbocycles. The third kappa shape index (κ3) is 1.85. The van der Waals surface area contributed by atoms with Gasteiger partial charge in [0.05, 0.1) is 6.20 Å². The highest BCUT2D eigenvalue weighted by Crippen LogP contribution is 2.21. The Labute approximate surface area is 107 Å². The summed E-state index contributed by atoms with van der Waals surface area (Å²) >= 11 is 11.7. The Morgan fingerprint density at radius 1 is 1.06 bits per heavy atom. The third-order valence-electron chi connectivity index (χ3n) is 2.31. The van der Waals surface area contributed by atoms with Crippen LogP contribution in [0.2, 0.25) is 10.3 Å². The molecule has 0 saturated heterocycles.